The van der Waals surface area contributed by atoms with Crippen molar-refractivity contribution in [2.24, 2.45) is 0 Å². The Morgan fingerprint density at radius 1 is 1.02 bits per heavy atom. The molecule has 1 unspecified atom stereocenters. The smallest absolute Gasteiger partial charge is 0.508 e. The zero-order valence-electron chi connectivity index (χ0n) is 24.5. The molecular formula is C27H32F3N5O8S. The van der Waals surface area contributed by atoms with Gasteiger partial charge < -0.3 is 33.3 Å². The van der Waals surface area contributed by atoms with Crippen LogP contribution in [-0.2, 0) is 31.1 Å². The fourth-order valence-corrected chi connectivity index (χ4v) is 4.96. The predicted octanol–water partition coefficient (Wildman–Crippen LogP) is 4.13. The highest BCUT2D eigenvalue weighted by molar-refractivity contribution is 7.90. The lowest BCUT2D eigenvalue weighted by molar-refractivity contribution is -0.153. The third-order valence-electron chi connectivity index (χ3n) is 6.04. The van der Waals surface area contributed by atoms with Crippen LogP contribution < -0.4 is 4.74 Å². The van der Waals surface area contributed by atoms with Crippen LogP contribution in [-0.4, -0.2) is 107 Å². The molecule has 0 bridgehead atoms. The molecule has 1 aromatic carbocycles. The lowest BCUT2D eigenvalue weighted by Crippen LogP contribution is -2.37. The van der Waals surface area contributed by atoms with Crippen molar-refractivity contribution in [1.82, 2.24) is 24.3 Å². The summed E-state index contributed by atoms with van der Waals surface area (Å²) in [7, 11) is 2.90. The highest BCUT2D eigenvalue weighted by Crippen LogP contribution is 2.27. The Labute approximate surface area is 254 Å². The molecule has 17 heteroatoms. The molecule has 240 valence electrons. The molecule has 3 aromatic rings. The molecule has 44 heavy (non-hydrogen) atoms. The maximum Gasteiger partial charge on any atom is 0.508 e. The number of amides is 2. The molecule has 0 aliphatic heterocycles. The van der Waals surface area contributed by atoms with E-state index in [0.717, 1.165) is 0 Å². The molecule has 0 fully saturated rings. The number of para-hydroxylation sites is 2. The number of carbonyl (C=O) groups excluding carboxylic acids is 3. The summed E-state index contributed by atoms with van der Waals surface area (Å²) in [5.74, 6) is -0.306. The second-order valence-corrected chi connectivity index (χ2v) is 10.6. The van der Waals surface area contributed by atoms with E-state index < -0.39 is 42.2 Å². The van der Waals surface area contributed by atoms with E-state index in [-0.39, 0.29) is 60.8 Å². The highest BCUT2D eigenvalue weighted by Gasteiger charge is 2.31. The zero-order chi connectivity index (χ0) is 32.4. The number of ether oxygens (including phenoxy) is 4. The van der Waals surface area contributed by atoms with Crippen LogP contribution in [0.3, 0.4) is 0 Å². The number of hydrogen-bond acceptors (Lipinski definition) is 10. The number of likely N-dealkylation sites (N-methyl/N-ethyl adjacent to an activating group) is 2. The van der Waals surface area contributed by atoms with Gasteiger partial charge in [0.05, 0.1) is 36.4 Å². The van der Waals surface area contributed by atoms with Crippen LogP contribution >= 0.6 is 0 Å². The second kappa shape index (κ2) is 15.5. The summed E-state index contributed by atoms with van der Waals surface area (Å²) in [6.45, 7) is 1.53. The molecule has 0 spiro atoms. The minimum Gasteiger partial charge on any atom is -0.609 e. The number of halogens is 3. The molecule has 2 amide bonds. The van der Waals surface area contributed by atoms with Crippen molar-refractivity contribution in [2.75, 3.05) is 53.6 Å². The summed E-state index contributed by atoms with van der Waals surface area (Å²) in [6, 6.07) is 7.30. The van der Waals surface area contributed by atoms with Gasteiger partial charge >= 0.3 is 29.6 Å². The number of aromatic nitrogens is 3. The minimum atomic E-state index is -4.54. The molecule has 0 aliphatic carbocycles. The topological polar surface area (TPSA) is 148 Å². The van der Waals surface area contributed by atoms with Gasteiger partial charge in [0, 0.05) is 37.0 Å². The van der Waals surface area contributed by atoms with Crippen molar-refractivity contribution < 1.29 is 51.1 Å². The number of benzene rings is 1. The number of rotatable bonds is 12. The Kier molecular flexibility index (Phi) is 12.0. The van der Waals surface area contributed by atoms with E-state index in [1.54, 1.807) is 31.2 Å². The van der Waals surface area contributed by atoms with Gasteiger partial charge in [0.1, 0.15) is 19.0 Å². The van der Waals surface area contributed by atoms with Gasteiger partial charge in [0.15, 0.2) is 12.4 Å². The number of nitrogens with zero attached hydrogens (tertiary/aromatic N) is 5. The van der Waals surface area contributed by atoms with Crippen LogP contribution in [0.2, 0.25) is 0 Å². The summed E-state index contributed by atoms with van der Waals surface area (Å²) in [5, 5.41) is -0.0933. The van der Waals surface area contributed by atoms with Crippen molar-refractivity contribution in [3.05, 3.63) is 47.8 Å². The van der Waals surface area contributed by atoms with Crippen LogP contribution in [0.25, 0.3) is 11.0 Å². The Morgan fingerprint density at radius 3 is 2.41 bits per heavy atom. The van der Waals surface area contributed by atoms with E-state index >= 15 is 0 Å². The number of hydrogen-bond donors (Lipinski definition) is 0. The molecule has 0 aliphatic rings. The van der Waals surface area contributed by atoms with E-state index in [9.17, 15) is 32.1 Å². The molecule has 2 heterocycles. The largest absolute Gasteiger partial charge is 0.609 e. The highest BCUT2D eigenvalue weighted by atomic mass is 32.2. The van der Waals surface area contributed by atoms with Gasteiger partial charge in [0.2, 0.25) is 0 Å². The van der Waals surface area contributed by atoms with Crippen LogP contribution in [0.15, 0.2) is 41.7 Å². The van der Waals surface area contributed by atoms with Gasteiger partial charge in [-0.1, -0.05) is 12.1 Å². The molecule has 1 atom stereocenters. The van der Waals surface area contributed by atoms with Crippen molar-refractivity contribution in [3.8, 4) is 5.75 Å². The number of fused-ring (bicyclic) bond motifs is 1. The van der Waals surface area contributed by atoms with E-state index in [1.807, 2.05) is 0 Å². The molecule has 13 nitrogen and oxygen atoms in total. The first-order valence-corrected chi connectivity index (χ1v) is 14.6. The van der Waals surface area contributed by atoms with E-state index in [2.05, 4.69) is 14.7 Å². The number of alkyl halides is 3. The average Bonchev–Trinajstić information content (AvgIpc) is 3.36. The zero-order valence-corrected chi connectivity index (χ0v) is 25.3. The van der Waals surface area contributed by atoms with Crippen molar-refractivity contribution >= 4 is 40.5 Å². The van der Waals surface area contributed by atoms with Crippen LogP contribution in [0.4, 0.5) is 27.6 Å². The maximum atomic E-state index is 13.5. The van der Waals surface area contributed by atoms with Gasteiger partial charge in [-0.05, 0) is 32.0 Å². The standard InChI is InChI=1S/C27H32F3N5O8S/c1-5-40-26(38)42-15-13-34(4)25(37)41-14-12-33(3)24(36)35-21-9-7-6-8-19(21)32-23(35)44(39)16-20-18(2)22(10-11-31-20)43-17-27(28,29)30/h6-11H,5,12-17H2,1-4H3. The number of imidazole rings is 1. The van der Waals surface area contributed by atoms with Crippen molar-refractivity contribution in [2.45, 2.75) is 30.9 Å². The van der Waals surface area contributed by atoms with Crippen LogP contribution in [0, 0.1) is 6.92 Å². The van der Waals surface area contributed by atoms with E-state index in [0.29, 0.717) is 11.0 Å². The fraction of sp³-hybridized carbons (Fsp3) is 0.444. The number of carbonyl (C=O) groups is 3. The van der Waals surface area contributed by atoms with Gasteiger partial charge in [0.25, 0.3) is 0 Å². The van der Waals surface area contributed by atoms with Crippen molar-refractivity contribution in [3.63, 3.8) is 0 Å². The Bertz CT molecular complexity index is 1450. The van der Waals surface area contributed by atoms with Gasteiger partial charge in [-0.25, -0.2) is 19.0 Å². The molecule has 3 rings (SSSR count). The summed E-state index contributed by atoms with van der Waals surface area (Å²) in [6.07, 6.45) is -4.85. The van der Waals surface area contributed by atoms with Crippen LogP contribution in [0.5, 0.6) is 5.75 Å². The monoisotopic (exact) mass is 643 g/mol. The molecule has 0 N–H and O–H groups in total. The van der Waals surface area contributed by atoms with E-state index in [1.165, 1.54) is 47.6 Å². The fourth-order valence-electron chi connectivity index (χ4n) is 3.71. The maximum absolute atomic E-state index is 13.5. The Morgan fingerprint density at radius 2 is 1.70 bits per heavy atom. The third kappa shape index (κ3) is 9.37. The molecule has 0 radical (unpaired) electrons. The Balaban J connectivity index is 1.68. The molecule has 0 saturated heterocycles. The third-order valence-corrected chi connectivity index (χ3v) is 7.26. The summed E-state index contributed by atoms with van der Waals surface area (Å²) in [4.78, 5) is 48.0. The quantitative estimate of drug-likeness (QED) is 0.208. The van der Waals surface area contributed by atoms with Gasteiger partial charge in [-0.15, -0.1) is 0 Å². The SMILES string of the molecule is CCOC(=O)OCCN(C)C(=O)OCCN(C)C(=O)n1c([S+]([O-])Cc2nccc(OCC(F)(F)F)c2C)nc2ccccc21. The Hall–Kier alpha value is -4.25. The first-order chi connectivity index (χ1) is 20.8. The predicted molar refractivity (Wildman–Crippen MR) is 151 cm³/mol. The van der Waals surface area contributed by atoms with Gasteiger partial charge in [-0.2, -0.15) is 18.2 Å². The summed E-state index contributed by atoms with van der Waals surface area (Å²) in [5.41, 5.74) is 1.25. The molecule has 0 saturated carbocycles. The van der Waals surface area contributed by atoms with Gasteiger partial charge in [-0.3, -0.25) is 4.98 Å². The summed E-state index contributed by atoms with van der Waals surface area (Å²) >= 11 is -1.96. The summed E-state index contributed by atoms with van der Waals surface area (Å²) < 4.78 is 72.2. The average molecular weight is 644 g/mol. The minimum absolute atomic E-state index is 0.0322. The molecular weight excluding hydrogens is 611 g/mol. The van der Waals surface area contributed by atoms with Crippen LogP contribution in [0.1, 0.15) is 18.2 Å². The van der Waals surface area contributed by atoms with E-state index in [4.69, 9.17) is 14.2 Å². The lowest BCUT2D eigenvalue weighted by atomic mass is 10.2. The normalized spacial score (nSPS) is 12.0. The second-order valence-electron chi connectivity index (χ2n) is 9.26. The molecule has 2 aromatic heterocycles. The lowest BCUT2D eigenvalue weighted by Gasteiger charge is -2.21. The van der Waals surface area contributed by atoms with Crippen molar-refractivity contribution in [1.29, 1.82) is 0 Å². The first-order valence-electron chi connectivity index (χ1n) is 13.2. The first kappa shape index (κ1) is 34.2. The number of pyridine rings is 1.